The molecule has 0 radical (unpaired) electrons. The highest BCUT2D eigenvalue weighted by Crippen LogP contribution is 2.37. The lowest BCUT2D eigenvalue weighted by molar-refractivity contribution is -0.118. The van der Waals surface area contributed by atoms with Crippen LogP contribution in [-0.2, 0) is 11.2 Å². The summed E-state index contributed by atoms with van der Waals surface area (Å²) in [5, 5.41) is 3.96. The number of halogens is 2. The SMILES string of the molecule is CCc1sc2ncn(C(C)C(=O)Nc3ccc(Cl)cc3)c(=O)c2c1-c1ccc(Br)cc1. The highest BCUT2D eigenvalue weighted by Gasteiger charge is 2.22. The summed E-state index contributed by atoms with van der Waals surface area (Å²) in [6, 6.07) is 14.0. The molecule has 0 aliphatic carbocycles. The van der Waals surface area contributed by atoms with Crippen molar-refractivity contribution in [2.24, 2.45) is 0 Å². The van der Waals surface area contributed by atoms with E-state index in [9.17, 15) is 9.59 Å². The molecule has 0 saturated carbocycles. The van der Waals surface area contributed by atoms with Crippen LogP contribution in [0, 0.1) is 0 Å². The molecule has 0 aliphatic rings. The van der Waals surface area contributed by atoms with Crippen LogP contribution in [0.3, 0.4) is 0 Å². The fraction of sp³-hybridized carbons (Fsp3) is 0.174. The van der Waals surface area contributed by atoms with Gasteiger partial charge in [-0.15, -0.1) is 11.3 Å². The number of aryl methyl sites for hydroxylation is 1. The number of nitrogens with zero attached hydrogens (tertiary/aromatic N) is 2. The lowest BCUT2D eigenvalue weighted by Gasteiger charge is -2.15. The first-order valence-corrected chi connectivity index (χ1v) is 11.7. The molecule has 2 aromatic heterocycles. The zero-order valence-electron chi connectivity index (χ0n) is 16.9. The predicted molar refractivity (Wildman–Crippen MR) is 131 cm³/mol. The molecule has 4 aromatic rings. The van der Waals surface area contributed by atoms with Crippen LogP contribution in [0.5, 0.6) is 0 Å². The Morgan fingerprint density at radius 3 is 2.52 bits per heavy atom. The molecule has 2 aromatic carbocycles. The molecule has 0 aliphatic heterocycles. The van der Waals surface area contributed by atoms with E-state index in [1.807, 2.05) is 24.3 Å². The van der Waals surface area contributed by atoms with Crippen LogP contribution in [0.4, 0.5) is 5.69 Å². The summed E-state index contributed by atoms with van der Waals surface area (Å²) in [4.78, 5) is 32.6. The fourth-order valence-corrected chi connectivity index (χ4v) is 4.88. The van der Waals surface area contributed by atoms with Crippen molar-refractivity contribution in [1.29, 1.82) is 0 Å². The highest BCUT2D eigenvalue weighted by atomic mass is 79.9. The van der Waals surface area contributed by atoms with Gasteiger partial charge >= 0.3 is 0 Å². The molecule has 31 heavy (non-hydrogen) atoms. The minimum atomic E-state index is -0.733. The van der Waals surface area contributed by atoms with E-state index >= 15 is 0 Å². The Hall–Kier alpha value is -2.48. The van der Waals surface area contributed by atoms with Gasteiger partial charge in [-0.3, -0.25) is 14.2 Å². The Morgan fingerprint density at radius 1 is 1.19 bits per heavy atom. The number of benzene rings is 2. The Kier molecular flexibility index (Phi) is 6.27. The molecule has 0 bridgehead atoms. The summed E-state index contributed by atoms with van der Waals surface area (Å²) < 4.78 is 2.36. The average molecular weight is 517 g/mol. The van der Waals surface area contributed by atoms with Crippen molar-refractivity contribution in [3.8, 4) is 11.1 Å². The second-order valence-electron chi connectivity index (χ2n) is 7.07. The maximum absolute atomic E-state index is 13.5. The average Bonchev–Trinajstić information content (AvgIpc) is 3.15. The van der Waals surface area contributed by atoms with Gasteiger partial charge in [0, 0.05) is 25.6 Å². The second kappa shape index (κ2) is 8.94. The molecule has 8 heteroatoms. The highest BCUT2D eigenvalue weighted by molar-refractivity contribution is 9.10. The van der Waals surface area contributed by atoms with E-state index in [4.69, 9.17) is 11.6 Å². The molecule has 0 saturated heterocycles. The maximum atomic E-state index is 13.5. The van der Waals surface area contributed by atoms with Gasteiger partial charge in [0.1, 0.15) is 10.9 Å². The number of thiophene rings is 1. The zero-order chi connectivity index (χ0) is 22.1. The van der Waals surface area contributed by atoms with Gasteiger partial charge in [-0.25, -0.2) is 4.98 Å². The van der Waals surface area contributed by atoms with Gasteiger partial charge < -0.3 is 5.32 Å². The standard InChI is InChI=1S/C23H19BrClN3O2S/c1-3-18-19(14-4-6-15(24)7-5-14)20-22(31-18)26-12-28(23(20)30)13(2)21(29)27-17-10-8-16(25)9-11-17/h4-13H,3H2,1-2H3,(H,27,29). The van der Waals surface area contributed by atoms with E-state index in [0.717, 1.165) is 26.9 Å². The van der Waals surface area contributed by atoms with E-state index in [1.54, 1.807) is 31.2 Å². The van der Waals surface area contributed by atoms with Crippen molar-refractivity contribution in [2.75, 3.05) is 5.32 Å². The van der Waals surface area contributed by atoms with Gasteiger partial charge in [0.25, 0.3) is 5.56 Å². The largest absolute Gasteiger partial charge is 0.324 e. The number of rotatable bonds is 5. The number of nitrogens with one attached hydrogen (secondary N) is 1. The van der Waals surface area contributed by atoms with E-state index in [1.165, 1.54) is 22.2 Å². The molecule has 4 rings (SSSR count). The number of hydrogen-bond donors (Lipinski definition) is 1. The quantitative estimate of drug-likeness (QED) is 0.338. The lowest BCUT2D eigenvalue weighted by atomic mass is 10.0. The first-order valence-electron chi connectivity index (χ1n) is 9.74. The Bertz CT molecular complexity index is 1310. The first kappa shape index (κ1) is 21.7. The molecule has 1 atom stereocenters. The van der Waals surface area contributed by atoms with E-state index in [-0.39, 0.29) is 11.5 Å². The third-order valence-corrected chi connectivity index (χ3v) is 7.10. The van der Waals surface area contributed by atoms with Gasteiger partial charge in [-0.05, 0) is 55.3 Å². The number of aromatic nitrogens is 2. The number of hydrogen-bond acceptors (Lipinski definition) is 4. The third kappa shape index (κ3) is 4.31. The number of anilines is 1. The van der Waals surface area contributed by atoms with Gasteiger partial charge in [0.15, 0.2) is 0 Å². The Balaban J connectivity index is 1.77. The number of amides is 1. The van der Waals surface area contributed by atoms with E-state index in [2.05, 4.69) is 33.2 Å². The van der Waals surface area contributed by atoms with Crippen molar-refractivity contribution in [3.05, 3.63) is 79.6 Å². The molecule has 1 N–H and O–H groups in total. The number of carbonyl (C=O) groups is 1. The predicted octanol–water partition coefficient (Wildman–Crippen LogP) is 6.30. The molecule has 2 heterocycles. The molecule has 0 spiro atoms. The molecular weight excluding hydrogens is 498 g/mol. The van der Waals surface area contributed by atoms with Gasteiger partial charge in [0.05, 0.1) is 11.7 Å². The Labute approximate surface area is 196 Å². The van der Waals surface area contributed by atoms with Crippen LogP contribution in [0.2, 0.25) is 5.02 Å². The normalized spacial score (nSPS) is 12.1. The molecule has 1 unspecified atom stereocenters. The minimum absolute atomic E-state index is 0.224. The van der Waals surface area contributed by atoms with Crippen LogP contribution in [0.1, 0.15) is 24.8 Å². The zero-order valence-corrected chi connectivity index (χ0v) is 20.0. The topological polar surface area (TPSA) is 64.0 Å². The minimum Gasteiger partial charge on any atom is -0.324 e. The van der Waals surface area contributed by atoms with Crippen LogP contribution in [0.15, 0.2) is 64.1 Å². The summed E-state index contributed by atoms with van der Waals surface area (Å²) in [5.41, 5.74) is 2.24. The number of carbonyl (C=O) groups excluding carboxylic acids is 1. The van der Waals surface area contributed by atoms with Crippen LogP contribution in [-0.4, -0.2) is 15.5 Å². The summed E-state index contributed by atoms with van der Waals surface area (Å²) >= 11 is 10.9. The smallest absolute Gasteiger partial charge is 0.263 e. The van der Waals surface area contributed by atoms with Gasteiger partial charge in [0.2, 0.25) is 5.91 Å². The van der Waals surface area contributed by atoms with Gasteiger partial charge in [-0.1, -0.05) is 46.6 Å². The summed E-state index contributed by atoms with van der Waals surface area (Å²) in [5.74, 6) is -0.304. The summed E-state index contributed by atoms with van der Waals surface area (Å²) in [7, 11) is 0. The van der Waals surface area contributed by atoms with Crippen molar-refractivity contribution in [1.82, 2.24) is 9.55 Å². The Morgan fingerprint density at radius 2 is 1.87 bits per heavy atom. The van der Waals surface area contributed by atoms with Crippen LogP contribution in [0.25, 0.3) is 21.3 Å². The monoisotopic (exact) mass is 515 g/mol. The molecule has 1 amide bonds. The fourth-order valence-electron chi connectivity index (χ4n) is 3.40. The first-order chi connectivity index (χ1) is 14.9. The van der Waals surface area contributed by atoms with Crippen LogP contribution < -0.4 is 10.9 Å². The van der Waals surface area contributed by atoms with E-state index < -0.39 is 6.04 Å². The van der Waals surface area contributed by atoms with Crippen molar-refractivity contribution < 1.29 is 4.79 Å². The van der Waals surface area contributed by atoms with Crippen molar-refractivity contribution >= 4 is 60.7 Å². The molecule has 158 valence electrons. The number of fused-ring (bicyclic) bond motifs is 1. The summed E-state index contributed by atoms with van der Waals surface area (Å²) in [6.45, 7) is 3.75. The lowest BCUT2D eigenvalue weighted by Crippen LogP contribution is -2.31. The van der Waals surface area contributed by atoms with Crippen molar-refractivity contribution in [2.45, 2.75) is 26.3 Å². The van der Waals surface area contributed by atoms with E-state index in [0.29, 0.717) is 20.9 Å². The molecular formula is C23H19BrClN3O2S. The maximum Gasteiger partial charge on any atom is 0.263 e. The van der Waals surface area contributed by atoms with Crippen molar-refractivity contribution in [3.63, 3.8) is 0 Å². The van der Waals surface area contributed by atoms with Crippen LogP contribution >= 0.6 is 38.9 Å². The second-order valence-corrected chi connectivity index (χ2v) is 9.51. The molecule has 5 nitrogen and oxygen atoms in total. The van der Waals surface area contributed by atoms with Gasteiger partial charge in [-0.2, -0.15) is 0 Å². The third-order valence-electron chi connectivity index (χ3n) is 5.07. The molecule has 0 fully saturated rings. The summed E-state index contributed by atoms with van der Waals surface area (Å²) in [6.07, 6.45) is 2.25.